The van der Waals surface area contributed by atoms with Crippen LogP contribution in [0.4, 0.5) is 19.0 Å². The summed E-state index contributed by atoms with van der Waals surface area (Å²) in [5.41, 5.74) is 1.24. The Hall–Kier alpha value is -4.41. The van der Waals surface area contributed by atoms with E-state index in [4.69, 9.17) is 0 Å². The molecule has 2 aromatic heterocycles. The smallest absolute Gasteiger partial charge is 0.369 e. The summed E-state index contributed by atoms with van der Waals surface area (Å²) in [6.07, 6.45) is -0.164. The molecule has 0 aliphatic carbocycles. The van der Waals surface area contributed by atoms with Gasteiger partial charge in [-0.2, -0.15) is 13.2 Å². The maximum atomic E-state index is 13.0. The van der Waals surface area contributed by atoms with Crippen molar-refractivity contribution in [1.29, 1.82) is 0 Å². The molecule has 8 nitrogen and oxygen atoms in total. The van der Waals surface area contributed by atoms with E-state index in [2.05, 4.69) is 20.8 Å². The molecular weight excluding hydrogens is 521 g/mol. The summed E-state index contributed by atoms with van der Waals surface area (Å²) in [5.74, 6) is 1.12. The molecule has 1 fully saturated rings. The van der Waals surface area contributed by atoms with Crippen LogP contribution in [0.1, 0.15) is 36.0 Å². The monoisotopic (exact) mass is 550 g/mol. The van der Waals surface area contributed by atoms with E-state index in [1.807, 2.05) is 52.1 Å². The van der Waals surface area contributed by atoms with Gasteiger partial charge in [-0.3, -0.25) is 14.2 Å². The molecule has 208 valence electrons. The second kappa shape index (κ2) is 11.8. The topological polar surface area (TPSA) is 92.2 Å². The highest BCUT2D eigenvalue weighted by Gasteiger charge is 2.30. The third kappa shape index (κ3) is 6.41. The number of halogens is 3. The van der Waals surface area contributed by atoms with Crippen LogP contribution in [0.25, 0.3) is 16.7 Å². The van der Waals surface area contributed by atoms with Gasteiger partial charge in [-0.05, 0) is 54.3 Å². The fourth-order valence-electron chi connectivity index (χ4n) is 4.85. The number of alkyl halides is 3. The number of para-hydroxylation sites is 1. The van der Waals surface area contributed by atoms with Crippen molar-refractivity contribution in [2.45, 2.75) is 38.4 Å². The fourth-order valence-corrected chi connectivity index (χ4v) is 4.85. The Labute approximate surface area is 229 Å². The molecule has 0 radical (unpaired) electrons. The summed E-state index contributed by atoms with van der Waals surface area (Å²) in [6.45, 7) is 2.22. The molecule has 1 saturated heterocycles. The number of hydrogen-bond acceptors (Lipinski definition) is 5. The minimum atomic E-state index is -4.44. The molecule has 2 amide bonds. The first-order valence-electron chi connectivity index (χ1n) is 13.2. The number of aromatic nitrogens is 3. The predicted octanol–water partition coefficient (Wildman–Crippen LogP) is 4.72. The van der Waals surface area contributed by atoms with E-state index >= 15 is 0 Å². The van der Waals surface area contributed by atoms with Crippen molar-refractivity contribution < 1.29 is 22.8 Å². The van der Waals surface area contributed by atoms with Gasteiger partial charge in [0.2, 0.25) is 11.8 Å². The average molecular weight is 551 g/mol. The maximum absolute atomic E-state index is 13.0. The molecule has 0 bridgehead atoms. The first-order valence-corrected chi connectivity index (χ1v) is 13.2. The van der Waals surface area contributed by atoms with E-state index in [-0.39, 0.29) is 24.8 Å². The largest absolute Gasteiger partial charge is 0.416 e. The lowest BCUT2D eigenvalue weighted by molar-refractivity contribution is -0.137. The first-order chi connectivity index (χ1) is 19.3. The molecule has 2 aromatic carbocycles. The van der Waals surface area contributed by atoms with Crippen LogP contribution in [0.3, 0.4) is 0 Å². The van der Waals surface area contributed by atoms with Gasteiger partial charge in [0.15, 0.2) is 5.82 Å². The summed E-state index contributed by atoms with van der Waals surface area (Å²) in [6, 6.07) is 16.2. The van der Waals surface area contributed by atoms with Crippen LogP contribution in [0, 0.1) is 0 Å². The SMILES string of the molecule is O=C(Cc1cn(-c2ccc(NCCCN3CCCC3=O)nn2)c2ccccc12)NCc1cccc(C(F)(F)F)c1. The number of carbonyl (C=O) groups is 2. The highest BCUT2D eigenvalue weighted by Crippen LogP contribution is 2.29. The van der Waals surface area contributed by atoms with Gasteiger partial charge in [0.25, 0.3) is 0 Å². The fraction of sp³-hybridized carbons (Fsp3) is 0.310. The standard InChI is InChI=1S/C29H29F3N6O2/c30-29(31,32)22-7-3-6-20(16-22)18-34-27(39)17-21-19-38(24-9-2-1-8-23(21)24)26-12-11-25(35-36-26)33-13-5-15-37-14-4-10-28(37)40/h1-3,6-9,11-12,16,19H,4-5,10,13-15,17-18H2,(H,33,35)(H,34,39). The number of anilines is 1. The van der Waals surface area contributed by atoms with Crippen molar-refractivity contribution in [3.8, 4) is 5.82 Å². The molecular formula is C29H29F3N6O2. The van der Waals surface area contributed by atoms with Crippen molar-refractivity contribution in [3.63, 3.8) is 0 Å². The minimum Gasteiger partial charge on any atom is -0.369 e. The molecule has 0 saturated carbocycles. The summed E-state index contributed by atoms with van der Waals surface area (Å²) < 4.78 is 40.8. The molecule has 1 aliphatic heterocycles. The molecule has 11 heteroatoms. The van der Waals surface area contributed by atoms with Gasteiger partial charge < -0.3 is 15.5 Å². The highest BCUT2D eigenvalue weighted by molar-refractivity contribution is 5.90. The Bertz CT molecular complexity index is 1500. The second-order valence-corrected chi connectivity index (χ2v) is 9.73. The molecule has 0 unspecified atom stereocenters. The number of carbonyl (C=O) groups excluding carboxylic acids is 2. The van der Waals surface area contributed by atoms with E-state index in [9.17, 15) is 22.8 Å². The molecule has 40 heavy (non-hydrogen) atoms. The van der Waals surface area contributed by atoms with E-state index in [0.29, 0.717) is 30.2 Å². The number of nitrogens with zero attached hydrogens (tertiary/aromatic N) is 4. The molecule has 3 heterocycles. The molecule has 5 rings (SSSR count). The molecule has 1 aliphatic rings. The number of fused-ring (bicyclic) bond motifs is 1. The quantitative estimate of drug-likeness (QED) is 0.279. The zero-order valence-corrected chi connectivity index (χ0v) is 21.7. The lowest BCUT2D eigenvalue weighted by Crippen LogP contribution is -2.27. The summed E-state index contributed by atoms with van der Waals surface area (Å²) in [5, 5.41) is 15.5. The maximum Gasteiger partial charge on any atom is 0.416 e. The second-order valence-electron chi connectivity index (χ2n) is 9.73. The van der Waals surface area contributed by atoms with Gasteiger partial charge in [-0.15, -0.1) is 10.2 Å². The predicted molar refractivity (Wildman–Crippen MR) is 145 cm³/mol. The number of hydrogen-bond donors (Lipinski definition) is 2. The van der Waals surface area contributed by atoms with Gasteiger partial charge in [0.1, 0.15) is 5.82 Å². The Balaban J connectivity index is 1.21. The Morgan fingerprint density at radius 2 is 1.88 bits per heavy atom. The lowest BCUT2D eigenvalue weighted by atomic mass is 10.1. The van der Waals surface area contributed by atoms with Crippen LogP contribution < -0.4 is 10.6 Å². The Kier molecular flexibility index (Phi) is 7.99. The number of likely N-dealkylation sites (tertiary alicyclic amines) is 1. The van der Waals surface area contributed by atoms with Gasteiger partial charge in [0, 0.05) is 44.2 Å². The summed E-state index contributed by atoms with van der Waals surface area (Å²) in [4.78, 5) is 26.3. The first kappa shape index (κ1) is 27.2. The highest BCUT2D eigenvalue weighted by atomic mass is 19.4. The molecule has 0 spiro atoms. The number of rotatable bonds is 10. The third-order valence-corrected chi connectivity index (χ3v) is 6.87. The van der Waals surface area contributed by atoms with Crippen LogP contribution in [0.15, 0.2) is 66.9 Å². The van der Waals surface area contributed by atoms with Crippen molar-refractivity contribution in [3.05, 3.63) is 83.6 Å². The van der Waals surface area contributed by atoms with Crippen molar-refractivity contribution in [1.82, 2.24) is 25.0 Å². The number of nitrogens with one attached hydrogen (secondary N) is 2. The van der Waals surface area contributed by atoms with Crippen LogP contribution in [-0.2, 0) is 28.7 Å². The molecule has 4 aromatic rings. The van der Waals surface area contributed by atoms with Crippen LogP contribution in [-0.4, -0.2) is 51.1 Å². The van der Waals surface area contributed by atoms with E-state index in [1.54, 1.807) is 6.07 Å². The third-order valence-electron chi connectivity index (χ3n) is 6.87. The van der Waals surface area contributed by atoms with Gasteiger partial charge in [-0.1, -0.05) is 30.3 Å². The van der Waals surface area contributed by atoms with Crippen LogP contribution in [0.5, 0.6) is 0 Å². The summed E-state index contributed by atoms with van der Waals surface area (Å²) in [7, 11) is 0. The zero-order chi connectivity index (χ0) is 28.1. The van der Waals surface area contributed by atoms with Crippen molar-refractivity contribution >= 4 is 28.5 Å². The summed E-state index contributed by atoms with van der Waals surface area (Å²) >= 11 is 0. The van der Waals surface area contributed by atoms with E-state index in [1.165, 1.54) is 6.07 Å². The normalized spacial score (nSPS) is 13.7. The lowest BCUT2D eigenvalue weighted by Gasteiger charge is -2.15. The zero-order valence-electron chi connectivity index (χ0n) is 21.7. The van der Waals surface area contributed by atoms with Gasteiger partial charge in [-0.25, -0.2) is 0 Å². The minimum absolute atomic E-state index is 0.00429. The van der Waals surface area contributed by atoms with Crippen molar-refractivity contribution in [2.24, 2.45) is 0 Å². The average Bonchev–Trinajstić information content (AvgIpc) is 3.53. The number of benzene rings is 2. The molecule has 0 atom stereocenters. The Morgan fingerprint density at radius 3 is 2.62 bits per heavy atom. The van der Waals surface area contributed by atoms with Gasteiger partial charge >= 0.3 is 6.18 Å². The van der Waals surface area contributed by atoms with Crippen LogP contribution >= 0.6 is 0 Å². The van der Waals surface area contributed by atoms with Crippen LogP contribution in [0.2, 0.25) is 0 Å². The van der Waals surface area contributed by atoms with Gasteiger partial charge in [0.05, 0.1) is 17.5 Å². The molecule has 2 N–H and O–H groups in total. The van der Waals surface area contributed by atoms with E-state index in [0.717, 1.165) is 54.5 Å². The van der Waals surface area contributed by atoms with Crippen molar-refractivity contribution in [2.75, 3.05) is 25.0 Å². The number of amides is 2. The Morgan fingerprint density at radius 1 is 1.02 bits per heavy atom. The van der Waals surface area contributed by atoms with E-state index < -0.39 is 11.7 Å².